The molecule has 112 valence electrons. The van der Waals surface area contributed by atoms with Crippen LogP contribution in [0, 0.1) is 0 Å². The molecule has 0 atom stereocenters. The highest BCUT2D eigenvalue weighted by molar-refractivity contribution is 7.89. The van der Waals surface area contributed by atoms with Gasteiger partial charge in [-0.2, -0.15) is 0 Å². The highest BCUT2D eigenvalue weighted by atomic mass is 32.2. The molecule has 0 saturated heterocycles. The van der Waals surface area contributed by atoms with Crippen LogP contribution in [0.15, 0.2) is 35.7 Å². The van der Waals surface area contributed by atoms with Crippen molar-refractivity contribution in [2.24, 2.45) is 5.73 Å². The van der Waals surface area contributed by atoms with E-state index in [2.05, 4.69) is 6.58 Å². The Morgan fingerprint density at radius 1 is 1.45 bits per heavy atom. The quantitative estimate of drug-likeness (QED) is 0.586. The number of nitrogens with zero attached hydrogens (tertiary/aromatic N) is 1. The summed E-state index contributed by atoms with van der Waals surface area (Å²) in [5, 5.41) is 0. The average Bonchev–Trinajstić information content (AvgIpc) is 2.46. The van der Waals surface area contributed by atoms with E-state index in [1.807, 2.05) is 0 Å². The van der Waals surface area contributed by atoms with E-state index in [0.717, 1.165) is 12.8 Å². The zero-order chi connectivity index (χ0) is 15.2. The van der Waals surface area contributed by atoms with Crippen molar-refractivity contribution in [3.05, 3.63) is 36.4 Å². The molecule has 0 spiro atoms. The lowest BCUT2D eigenvalue weighted by atomic mass is 10.2. The van der Waals surface area contributed by atoms with Gasteiger partial charge in [0, 0.05) is 25.7 Å². The second-order valence-corrected chi connectivity index (χ2v) is 6.48. The van der Waals surface area contributed by atoms with Crippen molar-refractivity contribution in [1.82, 2.24) is 4.31 Å². The Morgan fingerprint density at radius 3 is 2.70 bits per heavy atom. The third-order valence-corrected chi connectivity index (χ3v) is 4.91. The number of nitrogens with two attached hydrogens (primary N) is 1. The lowest BCUT2D eigenvalue weighted by Gasteiger charge is -2.18. The van der Waals surface area contributed by atoms with Crippen LogP contribution < -0.4 is 10.5 Å². The fraction of sp³-hybridized carbons (Fsp3) is 0.429. The molecule has 20 heavy (non-hydrogen) atoms. The summed E-state index contributed by atoms with van der Waals surface area (Å²) in [4.78, 5) is 0.236. The van der Waals surface area contributed by atoms with E-state index in [1.165, 1.54) is 17.5 Å². The van der Waals surface area contributed by atoms with E-state index >= 15 is 0 Å². The third kappa shape index (κ3) is 3.82. The maximum Gasteiger partial charge on any atom is 0.242 e. The van der Waals surface area contributed by atoms with Crippen molar-refractivity contribution < 1.29 is 13.2 Å². The molecule has 0 amide bonds. The van der Waals surface area contributed by atoms with Crippen LogP contribution in [0.2, 0.25) is 0 Å². The van der Waals surface area contributed by atoms with E-state index in [9.17, 15) is 8.42 Å². The molecule has 0 bridgehead atoms. The summed E-state index contributed by atoms with van der Waals surface area (Å²) in [5.74, 6) is 0.598. The van der Waals surface area contributed by atoms with Gasteiger partial charge in [-0.3, -0.25) is 0 Å². The summed E-state index contributed by atoms with van der Waals surface area (Å²) in [6.07, 6.45) is 3.32. The molecule has 6 heteroatoms. The van der Waals surface area contributed by atoms with Crippen LogP contribution >= 0.6 is 0 Å². The van der Waals surface area contributed by atoms with E-state index < -0.39 is 10.0 Å². The second kappa shape index (κ2) is 7.42. The van der Waals surface area contributed by atoms with Crippen LogP contribution in [0.25, 0.3) is 0 Å². The van der Waals surface area contributed by atoms with Gasteiger partial charge in [-0.15, -0.1) is 6.58 Å². The fourth-order valence-corrected chi connectivity index (χ4v) is 3.09. The van der Waals surface area contributed by atoms with Crippen LogP contribution in [0.4, 0.5) is 0 Å². The molecule has 0 unspecified atom stereocenters. The number of sulfonamides is 1. The molecule has 0 heterocycles. The summed E-state index contributed by atoms with van der Waals surface area (Å²) in [5.41, 5.74) is 6.29. The Labute approximate surface area is 121 Å². The molecular formula is C14H22N2O3S. The molecule has 0 aliphatic heterocycles. The van der Waals surface area contributed by atoms with Gasteiger partial charge < -0.3 is 10.5 Å². The number of hydrogen-bond donors (Lipinski definition) is 1. The fourth-order valence-electron chi connectivity index (χ4n) is 1.83. The van der Waals surface area contributed by atoms with Crippen LogP contribution in [-0.2, 0) is 16.6 Å². The molecule has 5 nitrogen and oxygen atoms in total. The van der Waals surface area contributed by atoms with E-state index in [1.54, 1.807) is 25.3 Å². The van der Waals surface area contributed by atoms with Crippen LogP contribution in [0.5, 0.6) is 5.75 Å². The Bertz CT molecular complexity index is 556. The Balaban J connectivity index is 3.00. The number of methoxy groups -OCH3 is 1. The zero-order valence-corrected chi connectivity index (χ0v) is 12.8. The molecule has 1 aromatic carbocycles. The molecule has 0 saturated carbocycles. The van der Waals surface area contributed by atoms with Crippen LogP contribution in [0.3, 0.4) is 0 Å². The maximum absolute atomic E-state index is 12.4. The number of rotatable bonds is 8. The van der Waals surface area contributed by atoms with Crippen LogP contribution in [-0.4, -0.2) is 33.4 Å². The Morgan fingerprint density at radius 2 is 2.15 bits per heavy atom. The first-order valence-corrected chi connectivity index (χ1v) is 7.85. The van der Waals surface area contributed by atoms with Crippen molar-refractivity contribution in [3.63, 3.8) is 0 Å². The van der Waals surface area contributed by atoms with Gasteiger partial charge in [-0.05, 0) is 31.0 Å². The van der Waals surface area contributed by atoms with E-state index in [0.29, 0.717) is 17.9 Å². The summed E-state index contributed by atoms with van der Waals surface area (Å²) in [6, 6.07) is 4.74. The number of unbranched alkanes of at least 4 members (excludes halogenated alkanes) is 1. The number of allylic oxidation sites excluding steroid dienone is 1. The maximum atomic E-state index is 12.4. The molecule has 1 aromatic rings. The summed E-state index contributed by atoms with van der Waals surface area (Å²) in [7, 11) is -0.383. The first kappa shape index (κ1) is 16.7. The minimum atomic E-state index is -3.49. The number of hydrogen-bond acceptors (Lipinski definition) is 4. The van der Waals surface area contributed by atoms with E-state index in [-0.39, 0.29) is 11.4 Å². The predicted molar refractivity (Wildman–Crippen MR) is 80.1 cm³/mol. The molecule has 0 fully saturated rings. The van der Waals surface area contributed by atoms with Crippen molar-refractivity contribution >= 4 is 10.0 Å². The molecule has 1 rings (SSSR count). The highest BCUT2D eigenvalue weighted by Gasteiger charge is 2.21. The molecule has 0 aliphatic carbocycles. The second-order valence-electron chi connectivity index (χ2n) is 4.44. The minimum absolute atomic E-state index is 0.229. The lowest BCUT2D eigenvalue weighted by molar-refractivity contribution is 0.409. The van der Waals surface area contributed by atoms with Crippen LogP contribution in [0.1, 0.15) is 18.4 Å². The predicted octanol–water partition coefficient (Wildman–Crippen LogP) is 1.74. The molecule has 2 N–H and O–H groups in total. The molecular weight excluding hydrogens is 276 g/mol. The first-order chi connectivity index (χ1) is 9.47. The van der Waals surface area contributed by atoms with Crippen molar-refractivity contribution in [1.29, 1.82) is 0 Å². The standard InChI is InChI=1S/C14H22N2O3S/c1-4-5-6-9-16(2)20(17,18)13-7-8-14(19-3)12(10-13)11-15/h4,7-8,10H,1,5-6,9,11,15H2,2-3H3. The van der Waals surface area contributed by atoms with Crippen molar-refractivity contribution in [2.45, 2.75) is 24.3 Å². The normalized spacial score (nSPS) is 11.6. The van der Waals surface area contributed by atoms with Gasteiger partial charge >= 0.3 is 0 Å². The molecule has 0 radical (unpaired) electrons. The monoisotopic (exact) mass is 298 g/mol. The Kier molecular flexibility index (Phi) is 6.19. The van der Waals surface area contributed by atoms with Gasteiger partial charge in [0.25, 0.3) is 0 Å². The summed E-state index contributed by atoms with van der Waals surface area (Å²) < 4.78 is 31.3. The van der Waals surface area contributed by atoms with Gasteiger partial charge in [0.15, 0.2) is 0 Å². The zero-order valence-electron chi connectivity index (χ0n) is 12.0. The van der Waals surface area contributed by atoms with Crippen molar-refractivity contribution in [2.75, 3.05) is 20.7 Å². The Hall–Kier alpha value is -1.37. The van der Waals surface area contributed by atoms with E-state index in [4.69, 9.17) is 10.5 Å². The summed E-state index contributed by atoms with van der Waals surface area (Å²) in [6.45, 7) is 4.31. The third-order valence-electron chi connectivity index (χ3n) is 3.06. The minimum Gasteiger partial charge on any atom is -0.496 e. The van der Waals surface area contributed by atoms with Gasteiger partial charge in [-0.25, -0.2) is 12.7 Å². The highest BCUT2D eigenvalue weighted by Crippen LogP contribution is 2.23. The molecule has 0 aliphatic rings. The van der Waals surface area contributed by atoms with Gasteiger partial charge in [0.1, 0.15) is 5.75 Å². The lowest BCUT2D eigenvalue weighted by Crippen LogP contribution is -2.28. The van der Waals surface area contributed by atoms with Gasteiger partial charge in [0.05, 0.1) is 12.0 Å². The van der Waals surface area contributed by atoms with Gasteiger partial charge in [0.2, 0.25) is 10.0 Å². The number of benzene rings is 1. The smallest absolute Gasteiger partial charge is 0.242 e. The first-order valence-electron chi connectivity index (χ1n) is 6.41. The average molecular weight is 298 g/mol. The largest absolute Gasteiger partial charge is 0.496 e. The SMILES string of the molecule is C=CCCCN(C)S(=O)(=O)c1ccc(OC)c(CN)c1. The topological polar surface area (TPSA) is 72.6 Å². The van der Waals surface area contributed by atoms with Crippen molar-refractivity contribution in [3.8, 4) is 5.75 Å². The summed E-state index contributed by atoms with van der Waals surface area (Å²) >= 11 is 0. The van der Waals surface area contributed by atoms with Gasteiger partial charge in [-0.1, -0.05) is 6.08 Å². The molecule has 0 aromatic heterocycles. The number of ether oxygens (including phenoxy) is 1.